The third-order valence-electron chi connectivity index (χ3n) is 2.46. The number of benzene rings is 1. The third-order valence-corrected chi connectivity index (χ3v) is 2.83. The molecule has 0 radical (unpaired) electrons. The Morgan fingerprint density at radius 1 is 1.47 bits per heavy atom. The van der Waals surface area contributed by atoms with Gasteiger partial charge in [0.1, 0.15) is 17.0 Å². The quantitative estimate of drug-likeness (QED) is 0.911. The number of carboxylic acid groups (broad SMARTS) is 1. The number of hydrogen-bond acceptors (Lipinski definition) is 3. The van der Waals surface area contributed by atoms with Gasteiger partial charge in [0.2, 0.25) is 0 Å². The highest BCUT2D eigenvalue weighted by molar-refractivity contribution is 6.31. The van der Waals surface area contributed by atoms with E-state index in [4.69, 9.17) is 21.2 Å². The molecule has 0 unspecified atom stereocenters. The van der Waals surface area contributed by atoms with Crippen molar-refractivity contribution in [3.05, 3.63) is 51.9 Å². The number of aryl methyl sites for hydroxylation is 1. The minimum atomic E-state index is -1.04. The molecule has 1 heterocycles. The molecule has 4 nitrogen and oxygen atoms in total. The van der Waals surface area contributed by atoms with E-state index in [2.05, 4.69) is 5.16 Å². The highest BCUT2D eigenvalue weighted by Crippen LogP contribution is 2.21. The van der Waals surface area contributed by atoms with E-state index < -0.39 is 5.97 Å². The maximum absolute atomic E-state index is 11.0. The molecule has 1 aromatic carbocycles. The van der Waals surface area contributed by atoms with Crippen molar-refractivity contribution in [2.75, 3.05) is 0 Å². The zero-order chi connectivity index (χ0) is 12.4. The van der Waals surface area contributed by atoms with Gasteiger partial charge in [-0.2, -0.15) is 0 Å². The van der Waals surface area contributed by atoms with E-state index in [1.807, 2.05) is 18.2 Å². The summed E-state index contributed by atoms with van der Waals surface area (Å²) in [6, 6.07) is 7.24. The molecule has 2 rings (SSSR count). The van der Waals surface area contributed by atoms with Crippen LogP contribution in [-0.2, 0) is 6.42 Å². The molecule has 17 heavy (non-hydrogen) atoms. The monoisotopic (exact) mass is 251 g/mol. The minimum Gasteiger partial charge on any atom is -0.477 e. The van der Waals surface area contributed by atoms with Crippen molar-refractivity contribution < 1.29 is 14.4 Å². The van der Waals surface area contributed by atoms with Gasteiger partial charge in [0.15, 0.2) is 0 Å². The summed E-state index contributed by atoms with van der Waals surface area (Å²) in [5.41, 5.74) is 1.33. The summed E-state index contributed by atoms with van der Waals surface area (Å²) in [5, 5.41) is 13.4. The molecule has 0 fully saturated rings. The first kappa shape index (κ1) is 11.7. The van der Waals surface area contributed by atoms with Gasteiger partial charge in [0.05, 0.1) is 0 Å². The lowest BCUT2D eigenvalue weighted by atomic mass is 10.1. The SMILES string of the molecule is Cc1onc(Cc2ccccc2Cl)c1C(=O)O. The van der Waals surface area contributed by atoms with E-state index in [1.54, 1.807) is 13.0 Å². The van der Waals surface area contributed by atoms with Crippen molar-refractivity contribution in [2.24, 2.45) is 0 Å². The number of carboxylic acids is 1. The second-order valence-electron chi connectivity index (χ2n) is 3.63. The molecule has 0 aliphatic rings. The Kier molecular flexibility index (Phi) is 3.15. The number of carbonyl (C=O) groups is 1. The second-order valence-corrected chi connectivity index (χ2v) is 4.04. The standard InChI is InChI=1S/C12H10ClNO3/c1-7-11(12(15)16)10(14-17-7)6-8-4-2-3-5-9(8)13/h2-5H,6H2,1H3,(H,15,16). The van der Waals surface area contributed by atoms with Crippen LogP contribution in [0, 0.1) is 6.92 Å². The van der Waals surface area contributed by atoms with E-state index in [0.717, 1.165) is 5.56 Å². The summed E-state index contributed by atoms with van der Waals surface area (Å²) in [5.74, 6) is -0.731. The van der Waals surface area contributed by atoms with Crippen molar-refractivity contribution in [2.45, 2.75) is 13.3 Å². The third kappa shape index (κ3) is 2.31. The summed E-state index contributed by atoms with van der Waals surface area (Å²) in [4.78, 5) is 11.0. The first-order chi connectivity index (χ1) is 8.09. The summed E-state index contributed by atoms with van der Waals surface area (Å²) in [6.07, 6.45) is 0.346. The summed E-state index contributed by atoms with van der Waals surface area (Å²) in [6.45, 7) is 1.58. The van der Waals surface area contributed by atoms with Gasteiger partial charge >= 0.3 is 5.97 Å². The average molecular weight is 252 g/mol. The van der Waals surface area contributed by atoms with Gasteiger partial charge in [-0.25, -0.2) is 4.79 Å². The normalized spacial score (nSPS) is 10.5. The van der Waals surface area contributed by atoms with Gasteiger partial charge in [-0.15, -0.1) is 0 Å². The Morgan fingerprint density at radius 3 is 2.82 bits per heavy atom. The van der Waals surface area contributed by atoms with E-state index in [-0.39, 0.29) is 5.56 Å². The molecular formula is C12H10ClNO3. The van der Waals surface area contributed by atoms with Crippen molar-refractivity contribution >= 4 is 17.6 Å². The maximum atomic E-state index is 11.0. The zero-order valence-electron chi connectivity index (χ0n) is 9.11. The van der Waals surface area contributed by atoms with Gasteiger partial charge in [-0.3, -0.25) is 0 Å². The van der Waals surface area contributed by atoms with Crippen LogP contribution in [0.2, 0.25) is 5.02 Å². The first-order valence-corrected chi connectivity index (χ1v) is 5.39. The highest BCUT2D eigenvalue weighted by atomic mass is 35.5. The summed E-state index contributed by atoms with van der Waals surface area (Å²) < 4.78 is 4.90. The van der Waals surface area contributed by atoms with Crippen LogP contribution in [0.4, 0.5) is 0 Å². The van der Waals surface area contributed by atoms with Crippen LogP contribution in [0.15, 0.2) is 28.8 Å². The number of halogens is 1. The fraction of sp³-hybridized carbons (Fsp3) is 0.167. The van der Waals surface area contributed by atoms with Crippen LogP contribution in [-0.4, -0.2) is 16.2 Å². The molecule has 0 saturated carbocycles. The molecule has 0 spiro atoms. The topological polar surface area (TPSA) is 63.3 Å². The number of rotatable bonds is 3. The van der Waals surface area contributed by atoms with Crippen molar-refractivity contribution in [3.63, 3.8) is 0 Å². The number of nitrogens with zero attached hydrogens (tertiary/aromatic N) is 1. The molecule has 1 N–H and O–H groups in total. The molecule has 0 aliphatic heterocycles. The molecule has 0 amide bonds. The van der Waals surface area contributed by atoms with E-state index in [9.17, 15) is 4.79 Å². The maximum Gasteiger partial charge on any atom is 0.341 e. The molecule has 0 bridgehead atoms. The lowest BCUT2D eigenvalue weighted by Gasteiger charge is -2.01. The van der Waals surface area contributed by atoms with Gasteiger partial charge in [0.25, 0.3) is 0 Å². The van der Waals surface area contributed by atoms with Gasteiger partial charge in [0, 0.05) is 11.4 Å². The number of aromatic carboxylic acids is 1. The summed E-state index contributed by atoms with van der Waals surface area (Å²) in [7, 11) is 0. The first-order valence-electron chi connectivity index (χ1n) is 5.01. The zero-order valence-corrected chi connectivity index (χ0v) is 9.86. The van der Waals surface area contributed by atoms with Crippen LogP contribution in [0.3, 0.4) is 0 Å². The van der Waals surface area contributed by atoms with Crippen LogP contribution in [0.5, 0.6) is 0 Å². The highest BCUT2D eigenvalue weighted by Gasteiger charge is 2.20. The van der Waals surface area contributed by atoms with E-state index >= 15 is 0 Å². The molecule has 0 aliphatic carbocycles. The smallest absolute Gasteiger partial charge is 0.341 e. The predicted octanol–water partition coefficient (Wildman–Crippen LogP) is 2.93. The molecular weight excluding hydrogens is 242 g/mol. The largest absolute Gasteiger partial charge is 0.477 e. The van der Waals surface area contributed by atoms with E-state index in [0.29, 0.717) is 22.9 Å². The van der Waals surface area contributed by atoms with Gasteiger partial charge < -0.3 is 9.63 Å². The van der Waals surface area contributed by atoms with Gasteiger partial charge in [-0.1, -0.05) is 35.0 Å². The summed E-state index contributed by atoms with van der Waals surface area (Å²) >= 11 is 6.01. The van der Waals surface area contributed by atoms with Crippen LogP contribution < -0.4 is 0 Å². The molecule has 0 atom stereocenters. The molecule has 88 valence electrons. The Hall–Kier alpha value is -1.81. The van der Waals surface area contributed by atoms with Crippen molar-refractivity contribution in [1.29, 1.82) is 0 Å². The lowest BCUT2D eigenvalue weighted by molar-refractivity contribution is 0.0694. The molecule has 5 heteroatoms. The van der Waals surface area contributed by atoms with Crippen LogP contribution in [0.1, 0.15) is 27.4 Å². The van der Waals surface area contributed by atoms with Crippen molar-refractivity contribution in [1.82, 2.24) is 5.16 Å². The Labute approximate surface area is 103 Å². The van der Waals surface area contributed by atoms with Gasteiger partial charge in [-0.05, 0) is 18.6 Å². The Morgan fingerprint density at radius 2 is 2.18 bits per heavy atom. The van der Waals surface area contributed by atoms with E-state index in [1.165, 1.54) is 0 Å². The minimum absolute atomic E-state index is 0.116. The number of hydrogen-bond donors (Lipinski definition) is 1. The predicted molar refractivity (Wildman–Crippen MR) is 62.5 cm³/mol. The Bertz CT molecular complexity index is 563. The Balaban J connectivity index is 2.37. The van der Waals surface area contributed by atoms with Crippen LogP contribution in [0.25, 0.3) is 0 Å². The number of aromatic nitrogens is 1. The van der Waals surface area contributed by atoms with Crippen molar-refractivity contribution in [3.8, 4) is 0 Å². The van der Waals surface area contributed by atoms with Crippen LogP contribution >= 0.6 is 11.6 Å². The fourth-order valence-electron chi connectivity index (χ4n) is 1.63. The molecule has 2 aromatic rings. The molecule has 1 aromatic heterocycles. The lowest BCUT2D eigenvalue weighted by Crippen LogP contribution is -2.02. The average Bonchev–Trinajstić information content (AvgIpc) is 2.63. The molecule has 0 saturated heterocycles. The second kappa shape index (κ2) is 4.59. The fourth-order valence-corrected chi connectivity index (χ4v) is 1.84.